The Kier molecular flexibility index (Phi) is 4.54. The second-order valence-corrected chi connectivity index (χ2v) is 7.27. The van der Waals surface area contributed by atoms with Gasteiger partial charge in [-0.3, -0.25) is 4.79 Å². The van der Waals surface area contributed by atoms with Crippen LogP contribution in [-0.2, 0) is 4.79 Å². The smallest absolute Gasteiger partial charge is 0.343 e. The summed E-state index contributed by atoms with van der Waals surface area (Å²) in [7, 11) is 1.57. The van der Waals surface area contributed by atoms with E-state index < -0.39 is 17.6 Å². The Labute approximate surface area is 177 Å². The zero-order valence-corrected chi connectivity index (χ0v) is 16.8. The molecule has 2 aromatic carbocycles. The molecule has 0 radical (unpaired) electrons. The number of carbonyl (C=O) groups is 1. The molecule has 8 heteroatoms. The molecule has 5 rings (SSSR count). The first kappa shape index (κ1) is 19.0. The third-order valence-electron chi connectivity index (χ3n) is 5.31. The lowest BCUT2D eigenvalue weighted by Gasteiger charge is -2.19. The van der Waals surface area contributed by atoms with Crippen LogP contribution in [0.1, 0.15) is 22.8 Å². The summed E-state index contributed by atoms with van der Waals surface area (Å²) in [6, 6.07) is 13.9. The Hall–Kier alpha value is -3.94. The van der Waals surface area contributed by atoms with E-state index in [0.717, 1.165) is 0 Å². The average molecular weight is 421 g/mol. The maximum atomic E-state index is 13.2. The van der Waals surface area contributed by atoms with Crippen molar-refractivity contribution in [3.63, 3.8) is 0 Å². The lowest BCUT2D eigenvalue weighted by atomic mass is 9.88. The molecule has 2 atom stereocenters. The van der Waals surface area contributed by atoms with Crippen molar-refractivity contribution in [2.45, 2.75) is 18.9 Å². The van der Waals surface area contributed by atoms with Crippen LogP contribution in [0, 0.1) is 6.92 Å². The molecule has 0 aliphatic carbocycles. The van der Waals surface area contributed by atoms with Crippen molar-refractivity contribution in [1.29, 1.82) is 0 Å². The first-order chi connectivity index (χ1) is 15.0. The maximum absolute atomic E-state index is 13.2. The zero-order chi connectivity index (χ0) is 21.5. The number of fused-ring (bicyclic) bond motifs is 2. The summed E-state index contributed by atoms with van der Waals surface area (Å²) in [6.45, 7) is 1.78. The summed E-state index contributed by atoms with van der Waals surface area (Å²) < 4.78 is 27.3. The second kappa shape index (κ2) is 7.39. The van der Waals surface area contributed by atoms with E-state index in [-0.39, 0.29) is 12.7 Å². The van der Waals surface area contributed by atoms with E-state index in [2.05, 4.69) is 5.32 Å². The highest BCUT2D eigenvalue weighted by molar-refractivity contribution is 5.96. The van der Waals surface area contributed by atoms with Crippen molar-refractivity contribution in [1.82, 2.24) is 0 Å². The first-order valence-electron chi connectivity index (χ1n) is 9.69. The number of hydrogen-bond acceptors (Lipinski definition) is 7. The van der Waals surface area contributed by atoms with Gasteiger partial charge in [-0.2, -0.15) is 0 Å². The SMILES string of the molecule is COc1ccc(NC(=O)[C@@H]2Oc3cc(C)oc(=O)c3[C@H]2c2ccc3c(c2)OCO3)cc1. The average Bonchev–Trinajstić information content (AvgIpc) is 3.38. The molecular weight excluding hydrogens is 402 g/mol. The van der Waals surface area contributed by atoms with Gasteiger partial charge in [0.15, 0.2) is 17.6 Å². The molecule has 2 aliphatic rings. The Morgan fingerprint density at radius 3 is 2.58 bits per heavy atom. The number of nitrogens with one attached hydrogen (secondary N) is 1. The van der Waals surface area contributed by atoms with Gasteiger partial charge in [0.1, 0.15) is 17.3 Å². The number of methoxy groups -OCH3 is 1. The van der Waals surface area contributed by atoms with E-state index in [9.17, 15) is 9.59 Å². The van der Waals surface area contributed by atoms with Gasteiger partial charge in [-0.15, -0.1) is 0 Å². The predicted octanol–water partition coefficient (Wildman–Crippen LogP) is 3.22. The molecule has 0 saturated heterocycles. The van der Waals surface area contributed by atoms with Crippen LogP contribution in [0.3, 0.4) is 0 Å². The molecule has 2 aliphatic heterocycles. The van der Waals surface area contributed by atoms with Gasteiger partial charge in [-0.05, 0) is 48.9 Å². The van der Waals surface area contributed by atoms with Crippen LogP contribution in [-0.4, -0.2) is 25.9 Å². The number of amides is 1. The van der Waals surface area contributed by atoms with Gasteiger partial charge in [0.25, 0.3) is 5.91 Å². The highest BCUT2D eigenvalue weighted by Crippen LogP contribution is 2.44. The van der Waals surface area contributed by atoms with Crippen molar-refractivity contribution in [3.8, 4) is 23.0 Å². The molecular formula is C23H19NO7. The lowest BCUT2D eigenvalue weighted by molar-refractivity contribution is -0.122. The number of carbonyl (C=O) groups excluding carboxylic acids is 1. The molecule has 1 N–H and O–H groups in total. The Morgan fingerprint density at radius 2 is 1.81 bits per heavy atom. The van der Waals surface area contributed by atoms with Gasteiger partial charge in [0, 0.05) is 11.8 Å². The van der Waals surface area contributed by atoms with Crippen LogP contribution < -0.4 is 29.9 Å². The molecule has 1 amide bonds. The molecule has 0 bridgehead atoms. The molecule has 1 aromatic heterocycles. The summed E-state index contributed by atoms with van der Waals surface area (Å²) in [6.07, 6.45) is -0.970. The normalized spacial score (nSPS) is 18.3. The third-order valence-corrected chi connectivity index (χ3v) is 5.31. The van der Waals surface area contributed by atoms with Crippen LogP contribution in [0.25, 0.3) is 0 Å². The van der Waals surface area contributed by atoms with Crippen molar-refractivity contribution < 1.29 is 28.2 Å². The molecule has 31 heavy (non-hydrogen) atoms. The van der Waals surface area contributed by atoms with Crippen molar-refractivity contribution in [2.75, 3.05) is 19.2 Å². The molecule has 0 saturated carbocycles. The van der Waals surface area contributed by atoms with Gasteiger partial charge in [0.2, 0.25) is 6.79 Å². The van der Waals surface area contributed by atoms with E-state index in [4.69, 9.17) is 23.4 Å². The van der Waals surface area contributed by atoms with Crippen molar-refractivity contribution >= 4 is 11.6 Å². The van der Waals surface area contributed by atoms with Gasteiger partial charge in [-0.1, -0.05) is 6.07 Å². The van der Waals surface area contributed by atoms with Gasteiger partial charge in [0.05, 0.1) is 18.6 Å². The quantitative estimate of drug-likeness (QED) is 0.691. The van der Waals surface area contributed by atoms with Crippen molar-refractivity contribution in [3.05, 3.63) is 75.8 Å². The summed E-state index contributed by atoms with van der Waals surface area (Å²) in [5, 5.41) is 2.85. The van der Waals surface area contributed by atoms with Gasteiger partial charge in [-0.25, -0.2) is 4.79 Å². The molecule has 0 fully saturated rings. The monoisotopic (exact) mass is 421 g/mol. The minimum Gasteiger partial charge on any atom is -0.497 e. The minimum absolute atomic E-state index is 0.124. The van der Waals surface area contributed by atoms with Crippen LogP contribution in [0.15, 0.2) is 57.7 Å². The van der Waals surface area contributed by atoms with E-state index >= 15 is 0 Å². The first-order valence-corrected chi connectivity index (χ1v) is 9.69. The zero-order valence-electron chi connectivity index (χ0n) is 16.8. The number of aryl methyl sites for hydroxylation is 1. The summed E-state index contributed by atoms with van der Waals surface area (Å²) >= 11 is 0. The number of anilines is 1. The van der Waals surface area contributed by atoms with Gasteiger partial charge < -0.3 is 28.7 Å². The Morgan fingerprint density at radius 1 is 1.03 bits per heavy atom. The fraction of sp³-hybridized carbons (Fsp3) is 0.217. The molecule has 158 valence electrons. The van der Waals surface area contributed by atoms with Crippen molar-refractivity contribution in [2.24, 2.45) is 0 Å². The number of benzene rings is 2. The maximum Gasteiger partial charge on any atom is 0.343 e. The fourth-order valence-electron chi connectivity index (χ4n) is 3.87. The highest BCUT2D eigenvalue weighted by atomic mass is 16.7. The molecule has 0 unspecified atom stereocenters. The fourth-order valence-corrected chi connectivity index (χ4v) is 3.87. The molecule has 0 spiro atoms. The van der Waals surface area contributed by atoms with Crippen LogP contribution in [0.4, 0.5) is 5.69 Å². The summed E-state index contributed by atoms with van der Waals surface area (Å²) in [5.74, 6) is 1.53. The topological polar surface area (TPSA) is 96.2 Å². The molecule has 3 aromatic rings. The van der Waals surface area contributed by atoms with E-state index in [1.807, 2.05) is 0 Å². The summed E-state index contributed by atoms with van der Waals surface area (Å²) in [5.41, 5.74) is 1.05. The molecule has 3 heterocycles. The Bertz CT molecular complexity index is 1220. The molecule has 8 nitrogen and oxygen atoms in total. The van der Waals surface area contributed by atoms with Crippen LogP contribution >= 0.6 is 0 Å². The third kappa shape index (κ3) is 3.35. The largest absolute Gasteiger partial charge is 0.497 e. The van der Waals surface area contributed by atoms with E-state index in [1.54, 1.807) is 62.6 Å². The lowest BCUT2D eigenvalue weighted by Crippen LogP contribution is -2.35. The van der Waals surface area contributed by atoms with Crippen LogP contribution in [0.2, 0.25) is 0 Å². The van der Waals surface area contributed by atoms with E-state index in [0.29, 0.717) is 45.6 Å². The standard InChI is InChI=1S/C23H19NO7/c1-12-9-18-20(23(26)30-12)19(13-3-8-16-17(10-13)29-11-28-16)21(31-18)22(25)24-14-4-6-15(27-2)7-5-14/h3-10,19,21H,11H2,1-2H3,(H,24,25)/t19-,21-/m1/s1. The second-order valence-electron chi connectivity index (χ2n) is 7.27. The Balaban J connectivity index is 1.53. The summed E-state index contributed by atoms with van der Waals surface area (Å²) in [4.78, 5) is 25.9. The number of hydrogen-bond donors (Lipinski definition) is 1. The van der Waals surface area contributed by atoms with Gasteiger partial charge >= 0.3 is 5.63 Å². The predicted molar refractivity (Wildman–Crippen MR) is 110 cm³/mol. The van der Waals surface area contributed by atoms with E-state index in [1.165, 1.54) is 0 Å². The number of ether oxygens (including phenoxy) is 4. The minimum atomic E-state index is -0.970. The highest BCUT2D eigenvalue weighted by Gasteiger charge is 2.43. The number of rotatable bonds is 4. The van der Waals surface area contributed by atoms with Crippen LogP contribution in [0.5, 0.6) is 23.0 Å².